The Hall–Kier alpha value is -1.81. The molecule has 5 heteroatoms. The molecular formula is C16H19ClN4. The van der Waals surface area contributed by atoms with Gasteiger partial charge in [0, 0.05) is 22.8 Å². The maximum Gasteiger partial charge on any atom is 0.136 e. The molecule has 0 amide bonds. The number of hydrogen-bond acceptors (Lipinski definition) is 4. The van der Waals surface area contributed by atoms with Crippen LogP contribution < -0.4 is 10.6 Å². The summed E-state index contributed by atoms with van der Waals surface area (Å²) in [6.07, 6.45) is 5.05. The molecule has 0 atom stereocenters. The van der Waals surface area contributed by atoms with Crippen molar-refractivity contribution in [2.75, 3.05) is 10.6 Å². The van der Waals surface area contributed by atoms with Crippen molar-refractivity contribution in [2.45, 2.75) is 38.6 Å². The van der Waals surface area contributed by atoms with Gasteiger partial charge in [-0.25, -0.2) is 9.97 Å². The van der Waals surface area contributed by atoms with E-state index in [0.29, 0.717) is 11.1 Å². The second kappa shape index (κ2) is 6.31. The molecule has 0 radical (unpaired) electrons. The van der Waals surface area contributed by atoms with Gasteiger partial charge in [0.05, 0.1) is 0 Å². The summed E-state index contributed by atoms with van der Waals surface area (Å²) in [7, 11) is 0. The number of rotatable bonds is 4. The molecule has 0 bridgehead atoms. The lowest BCUT2D eigenvalue weighted by molar-refractivity contribution is 0.748. The van der Waals surface area contributed by atoms with Gasteiger partial charge in [-0.1, -0.05) is 30.5 Å². The second-order valence-electron chi connectivity index (χ2n) is 5.45. The normalized spacial score (nSPS) is 15.1. The predicted octanol–water partition coefficient (Wildman–Crippen LogP) is 4.54. The van der Waals surface area contributed by atoms with E-state index in [2.05, 4.69) is 20.6 Å². The van der Waals surface area contributed by atoms with E-state index < -0.39 is 0 Å². The van der Waals surface area contributed by atoms with Crippen LogP contribution in [0.25, 0.3) is 0 Å². The molecule has 1 saturated carbocycles. The maximum atomic E-state index is 6.00. The van der Waals surface area contributed by atoms with Gasteiger partial charge in [-0.05, 0) is 38.0 Å². The Morgan fingerprint density at radius 3 is 2.62 bits per heavy atom. The molecule has 21 heavy (non-hydrogen) atoms. The van der Waals surface area contributed by atoms with Crippen LogP contribution in [0.3, 0.4) is 0 Å². The van der Waals surface area contributed by atoms with Crippen LogP contribution in [0.2, 0.25) is 5.02 Å². The molecule has 0 spiro atoms. The van der Waals surface area contributed by atoms with E-state index in [1.54, 1.807) is 0 Å². The zero-order valence-electron chi connectivity index (χ0n) is 12.1. The van der Waals surface area contributed by atoms with Gasteiger partial charge in [0.25, 0.3) is 0 Å². The third-order valence-electron chi connectivity index (χ3n) is 3.64. The zero-order chi connectivity index (χ0) is 14.7. The molecule has 1 aromatic carbocycles. The van der Waals surface area contributed by atoms with Gasteiger partial charge in [-0.3, -0.25) is 0 Å². The van der Waals surface area contributed by atoms with Gasteiger partial charge in [0.15, 0.2) is 0 Å². The maximum absolute atomic E-state index is 6.00. The molecule has 3 rings (SSSR count). The summed E-state index contributed by atoms with van der Waals surface area (Å²) in [4.78, 5) is 8.90. The second-order valence-corrected chi connectivity index (χ2v) is 5.88. The molecule has 0 unspecified atom stereocenters. The first-order valence-corrected chi connectivity index (χ1v) is 7.72. The number of anilines is 3. The van der Waals surface area contributed by atoms with Gasteiger partial charge in [-0.15, -0.1) is 0 Å². The van der Waals surface area contributed by atoms with Crippen LogP contribution >= 0.6 is 11.6 Å². The summed E-state index contributed by atoms with van der Waals surface area (Å²) in [6.45, 7) is 1.91. The Bertz CT molecular complexity index is 623. The highest BCUT2D eigenvalue weighted by molar-refractivity contribution is 6.30. The fourth-order valence-electron chi connectivity index (χ4n) is 2.70. The summed E-state index contributed by atoms with van der Waals surface area (Å²) < 4.78 is 0. The molecule has 1 fully saturated rings. The van der Waals surface area contributed by atoms with Gasteiger partial charge in [0.2, 0.25) is 0 Å². The molecular weight excluding hydrogens is 284 g/mol. The van der Waals surface area contributed by atoms with Crippen LogP contribution in [-0.4, -0.2) is 16.0 Å². The molecule has 2 N–H and O–H groups in total. The zero-order valence-corrected chi connectivity index (χ0v) is 12.8. The van der Waals surface area contributed by atoms with Crippen molar-refractivity contribution in [3.05, 3.63) is 41.2 Å². The van der Waals surface area contributed by atoms with Crippen molar-refractivity contribution < 1.29 is 0 Å². The average Bonchev–Trinajstić information content (AvgIpc) is 2.90. The highest BCUT2D eigenvalue weighted by Gasteiger charge is 2.15. The standard InChI is InChI=1S/C16H19ClN4/c1-11-18-15(20-13-6-2-3-7-13)10-16(19-11)21-14-8-4-5-12(17)9-14/h4-5,8-10,13H,2-3,6-7H2,1H3,(H2,18,19,20,21). The van der Waals surface area contributed by atoms with Crippen LogP contribution in [0, 0.1) is 6.92 Å². The number of nitrogens with zero attached hydrogens (tertiary/aromatic N) is 2. The van der Waals surface area contributed by atoms with Gasteiger partial charge >= 0.3 is 0 Å². The van der Waals surface area contributed by atoms with Crippen LogP contribution in [0.4, 0.5) is 17.3 Å². The Morgan fingerprint density at radius 2 is 1.86 bits per heavy atom. The molecule has 1 aliphatic carbocycles. The number of hydrogen-bond donors (Lipinski definition) is 2. The minimum absolute atomic E-state index is 0.540. The van der Waals surface area contributed by atoms with Crippen molar-refractivity contribution in [2.24, 2.45) is 0 Å². The fraction of sp³-hybridized carbons (Fsp3) is 0.375. The van der Waals surface area contributed by atoms with Crippen molar-refractivity contribution >= 4 is 28.9 Å². The van der Waals surface area contributed by atoms with Crippen molar-refractivity contribution in [1.82, 2.24) is 9.97 Å². The largest absolute Gasteiger partial charge is 0.367 e. The quantitative estimate of drug-likeness (QED) is 0.871. The Kier molecular flexibility index (Phi) is 4.25. The van der Waals surface area contributed by atoms with Crippen LogP contribution in [0.5, 0.6) is 0 Å². The Balaban J connectivity index is 1.77. The molecule has 110 valence electrons. The number of halogens is 1. The highest BCUT2D eigenvalue weighted by atomic mass is 35.5. The van der Waals surface area contributed by atoms with Gasteiger partial charge in [0.1, 0.15) is 17.5 Å². The fourth-order valence-corrected chi connectivity index (χ4v) is 2.89. The SMILES string of the molecule is Cc1nc(Nc2cccc(Cl)c2)cc(NC2CCCC2)n1. The lowest BCUT2D eigenvalue weighted by atomic mass is 10.2. The number of aryl methyl sites for hydroxylation is 1. The number of aromatic nitrogens is 2. The lowest BCUT2D eigenvalue weighted by Crippen LogP contribution is -2.16. The number of benzene rings is 1. The van der Waals surface area contributed by atoms with E-state index in [1.807, 2.05) is 37.3 Å². The molecule has 1 aliphatic rings. The first-order chi connectivity index (χ1) is 10.2. The predicted molar refractivity (Wildman–Crippen MR) is 87.4 cm³/mol. The van der Waals surface area contributed by atoms with Crippen molar-refractivity contribution in [1.29, 1.82) is 0 Å². The van der Waals surface area contributed by atoms with Gasteiger partial charge in [-0.2, -0.15) is 0 Å². The molecule has 1 aromatic heterocycles. The topological polar surface area (TPSA) is 49.8 Å². The Labute approximate surface area is 130 Å². The summed E-state index contributed by atoms with van der Waals surface area (Å²) in [5, 5.41) is 7.48. The monoisotopic (exact) mass is 302 g/mol. The third-order valence-corrected chi connectivity index (χ3v) is 3.88. The van der Waals surface area contributed by atoms with E-state index in [1.165, 1.54) is 25.7 Å². The van der Waals surface area contributed by atoms with Crippen LogP contribution in [-0.2, 0) is 0 Å². The highest BCUT2D eigenvalue weighted by Crippen LogP contribution is 2.24. The van der Waals surface area contributed by atoms with Crippen LogP contribution in [0.15, 0.2) is 30.3 Å². The minimum atomic E-state index is 0.540. The first-order valence-electron chi connectivity index (χ1n) is 7.34. The van der Waals surface area contributed by atoms with E-state index in [4.69, 9.17) is 11.6 Å². The molecule has 0 aliphatic heterocycles. The molecule has 2 aromatic rings. The van der Waals surface area contributed by atoms with Crippen LogP contribution in [0.1, 0.15) is 31.5 Å². The average molecular weight is 303 g/mol. The van der Waals surface area contributed by atoms with E-state index >= 15 is 0 Å². The molecule has 1 heterocycles. The van der Waals surface area contributed by atoms with E-state index in [-0.39, 0.29) is 0 Å². The van der Waals surface area contributed by atoms with Crippen molar-refractivity contribution in [3.8, 4) is 0 Å². The summed E-state index contributed by atoms with van der Waals surface area (Å²) in [6, 6.07) is 10.1. The molecule has 4 nitrogen and oxygen atoms in total. The smallest absolute Gasteiger partial charge is 0.136 e. The first kappa shape index (κ1) is 14.1. The van der Waals surface area contributed by atoms with E-state index in [9.17, 15) is 0 Å². The number of nitrogens with one attached hydrogen (secondary N) is 2. The van der Waals surface area contributed by atoms with Crippen molar-refractivity contribution in [3.63, 3.8) is 0 Å². The summed E-state index contributed by atoms with van der Waals surface area (Å²) in [5.74, 6) is 2.42. The molecule has 0 saturated heterocycles. The lowest BCUT2D eigenvalue weighted by Gasteiger charge is -2.14. The summed E-state index contributed by atoms with van der Waals surface area (Å²) in [5.41, 5.74) is 0.924. The van der Waals surface area contributed by atoms with Gasteiger partial charge < -0.3 is 10.6 Å². The summed E-state index contributed by atoms with van der Waals surface area (Å²) >= 11 is 6.00. The third kappa shape index (κ3) is 3.85. The van der Waals surface area contributed by atoms with E-state index in [0.717, 1.165) is 23.1 Å². The Morgan fingerprint density at radius 1 is 1.10 bits per heavy atom. The minimum Gasteiger partial charge on any atom is -0.367 e.